The van der Waals surface area contributed by atoms with Crippen molar-refractivity contribution in [3.8, 4) is 44.5 Å². The van der Waals surface area contributed by atoms with E-state index in [0.29, 0.717) is 0 Å². The Kier molecular flexibility index (Phi) is 6.36. The first-order valence-electron chi connectivity index (χ1n) is 12.1. The minimum atomic E-state index is 0.985. The maximum atomic E-state index is 4.42. The molecule has 0 heterocycles. The molecule has 0 spiro atoms. The topological polar surface area (TPSA) is 0 Å². The summed E-state index contributed by atoms with van der Waals surface area (Å²) in [5.74, 6) is 0. The predicted molar refractivity (Wildman–Crippen MR) is 154 cm³/mol. The maximum Gasteiger partial charge on any atom is 0.00404 e. The normalized spacial score (nSPS) is 11.0. The summed E-state index contributed by atoms with van der Waals surface area (Å²) in [5.41, 5.74) is 15.4. The van der Waals surface area contributed by atoms with Crippen LogP contribution in [0.1, 0.15) is 22.3 Å². The molecule has 0 aromatic heterocycles. The van der Waals surface area contributed by atoms with Crippen molar-refractivity contribution in [2.45, 2.75) is 32.6 Å². The first-order valence-corrected chi connectivity index (χ1v) is 12.5. The van der Waals surface area contributed by atoms with Gasteiger partial charge in [0.25, 0.3) is 0 Å². The number of aryl methyl sites for hydroxylation is 4. The minimum absolute atomic E-state index is 0.985. The molecule has 0 nitrogen and oxygen atoms in total. The largest absolute Gasteiger partial charge is 0.143 e. The van der Waals surface area contributed by atoms with Gasteiger partial charge in [-0.3, -0.25) is 0 Å². The molecule has 0 saturated heterocycles. The molecule has 0 unspecified atom stereocenters. The molecule has 0 aliphatic carbocycles. The third-order valence-corrected chi connectivity index (χ3v) is 7.13. The summed E-state index contributed by atoms with van der Waals surface area (Å²) >= 11 is 4.42. The summed E-state index contributed by atoms with van der Waals surface area (Å²) in [6.07, 6.45) is 0. The Hall–Kier alpha value is -3.55. The lowest BCUT2D eigenvalue weighted by Gasteiger charge is -2.16. The van der Waals surface area contributed by atoms with Crippen LogP contribution >= 0.6 is 12.6 Å². The monoisotopic (exact) mass is 470 g/mol. The van der Waals surface area contributed by atoms with Crippen LogP contribution in [0.25, 0.3) is 44.5 Å². The molecule has 5 aromatic carbocycles. The van der Waals surface area contributed by atoms with Crippen LogP contribution in [0.3, 0.4) is 0 Å². The van der Waals surface area contributed by atoms with Crippen LogP contribution in [0.4, 0.5) is 0 Å². The summed E-state index contributed by atoms with van der Waals surface area (Å²) < 4.78 is 0. The van der Waals surface area contributed by atoms with Crippen molar-refractivity contribution in [2.24, 2.45) is 0 Å². The highest BCUT2D eigenvalue weighted by Crippen LogP contribution is 2.36. The van der Waals surface area contributed by atoms with Crippen molar-refractivity contribution in [1.29, 1.82) is 0 Å². The lowest BCUT2D eigenvalue weighted by molar-refractivity contribution is 1.36. The molecule has 0 aliphatic rings. The number of benzene rings is 5. The highest BCUT2D eigenvalue weighted by Gasteiger charge is 2.12. The van der Waals surface area contributed by atoms with E-state index in [9.17, 15) is 0 Å². The summed E-state index contributed by atoms with van der Waals surface area (Å²) in [6, 6.07) is 37.2. The Labute approximate surface area is 214 Å². The fourth-order valence-electron chi connectivity index (χ4n) is 5.26. The van der Waals surface area contributed by atoms with Gasteiger partial charge in [0.1, 0.15) is 0 Å². The van der Waals surface area contributed by atoms with Crippen LogP contribution in [0.5, 0.6) is 0 Å². The second kappa shape index (κ2) is 9.60. The van der Waals surface area contributed by atoms with E-state index in [0.717, 1.165) is 4.90 Å². The van der Waals surface area contributed by atoms with Gasteiger partial charge < -0.3 is 0 Å². The predicted octanol–water partition coefficient (Wildman–Crippen LogP) is 9.88. The summed E-state index contributed by atoms with van der Waals surface area (Å²) in [6.45, 7) is 8.86. The van der Waals surface area contributed by atoms with Gasteiger partial charge >= 0.3 is 0 Å². The smallest absolute Gasteiger partial charge is 0.00404 e. The lowest BCUT2D eigenvalue weighted by Crippen LogP contribution is -1.93. The van der Waals surface area contributed by atoms with Crippen molar-refractivity contribution in [3.05, 3.63) is 125 Å². The molecule has 0 N–H and O–H groups in total. The Morgan fingerprint density at radius 3 is 1.11 bits per heavy atom. The van der Waals surface area contributed by atoms with Crippen LogP contribution in [0.2, 0.25) is 0 Å². The molecule has 1 heteroatoms. The Morgan fingerprint density at radius 2 is 0.714 bits per heavy atom. The van der Waals surface area contributed by atoms with E-state index in [2.05, 4.69) is 131 Å². The number of thiol groups is 1. The molecular formula is C34H30S. The average Bonchev–Trinajstić information content (AvgIpc) is 2.85. The SMILES string of the molecule is Cc1cc(-c2ccccc2)cc(C)c1-c1ccc(-c2c(C)cc(-c3ccc(S)cc3)cc2C)cc1. The minimum Gasteiger partial charge on any atom is -0.143 e. The highest BCUT2D eigenvalue weighted by atomic mass is 32.1. The maximum absolute atomic E-state index is 4.42. The zero-order chi connectivity index (χ0) is 24.5. The van der Waals surface area contributed by atoms with Crippen molar-refractivity contribution in [3.63, 3.8) is 0 Å². The number of hydrogen-bond acceptors (Lipinski definition) is 1. The quantitative estimate of drug-likeness (QED) is 0.248. The molecule has 0 fully saturated rings. The Morgan fingerprint density at radius 1 is 0.371 bits per heavy atom. The average molecular weight is 471 g/mol. The molecule has 0 aliphatic heterocycles. The summed E-state index contributed by atoms with van der Waals surface area (Å²) in [7, 11) is 0. The molecule has 0 amide bonds. The molecule has 172 valence electrons. The van der Waals surface area contributed by atoms with Crippen molar-refractivity contribution < 1.29 is 0 Å². The third kappa shape index (κ3) is 4.70. The molecule has 0 atom stereocenters. The number of rotatable bonds is 4. The zero-order valence-corrected chi connectivity index (χ0v) is 21.7. The van der Waals surface area contributed by atoms with Crippen molar-refractivity contribution >= 4 is 12.6 Å². The van der Waals surface area contributed by atoms with E-state index >= 15 is 0 Å². The second-order valence-corrected chi connectivity index (χ2v) is 9.98. The first-order chi connectivity index (χ1) is 16.9. The van der Waals surface area contributed by atoms with E-state index in [1.165, 1.54) is 66.8 Å². The Bertz CT molecular complexity index is 1450. The van der Waals surface area contributed by atoms with Crippen molar-refractivity contribution in [2.75, 3.05) is 0 Å². The fraction of sp³-hybridized carbons (Fsp3) is 0.118. The third-order valence-electron chi connectivity index (χ3n) is 6.84. The van der Waals surface area contributed by atoms with Crippen LogP contribution in [-0.2, 0) is 0 Å². The van der Waals surface area contributed by atoms with Crippen LogP contribution in [0.15, 0.2) is 108 Å². The van der Waals surface area contributed by atoms with E-state index < -0.39 is 0 Å². The number of hydrogen-bond donors (Lipinski definition) is 1. The summed E-state index contributed by atoms with van der Waals surface area (Å²) in [4.78, 5) is 0.985. The van der Waals surface area contributed by atoms with Gasteiger partial charge in [0.05, 0.1) is 0 Å². The van der Waals surface area contributed by atoms with E-state index in [4.69, 9.17) is 0 Å². The molecule has 5 rings (SSSR count). The standard InChI is InChI=1S/C34H30S/c1-22-18-30(26-8-6-5-7-9-26)19-23(2)33(22)28-10-12-29(13-11-28)34-24(3)20-31(21-25(34)4)27-14-16-32(35)17-15-27/h5-21,35H,1-4H3. The van der Waals surface area contributed by atoms with E-state index in [1.807, 2.05) is 12.1 Å². The van der Waals surface area contributed by atoms with Crippen LogP contribution in [0, 0.1) is 27.7 Å². The van der Waals surface area contributed by atoms with E-state index in [-0.39, 0.29) is 0 Å². The zero-order valence-electron chi connectivity index (χ0n) is 20.8. The molecular weight excluding hydrogens is 440 g/mol. The van der Waals surface area contributed by atoms with Gasteiger partial charge in [-0.2, -0.15) is 0 Å². The van der Waals surface area contributed by atoms with Gasteiger partial charge in [0, 0.05) is 4.90 Å². The lowest BCUT2D eigenvalue weighted by atomic mass is 9.88. The van der Waals surface area contributed by atoms with Crippen LogP contribution in [-0.4, -0.2) is 0 Å². The fourth-order valence-corrected chi connectivity index (χ4v) is 5.41. The van der Waals surface area contributed by atoms with Crippen LogP contribution < -0.4 is 0 Å². The highest BCUT2D eigenvalue weighted by molar-refractivity contribution is 7.80. The molecule has 5 aromatic rings. The van der Waals surface area contributed by atoms with Gasteiger partial charge in [0.2, 0.25) is 0 Å². The van der Waals surface area contributed by atoms with E-state index in [1.54, 1.807) is 0 Å². The van der Waals surface area contributed by atoms with Gasteiger partial charge in [0.15, 0.2) is 0 Å². The first kappa shape index (κ1) is 23.2. The van der Waals surface area contributed by atoms with Gasteiger partial charge in [-0.1, -0.05) is 91.0 Å². The van der Waals surface area contributed by atoms with Gasteiger partial charge in [-0.15, -0.1) is 12.6 Å². The molecule has 0 radical (unpaired) electrons. The Balaban J connectivity index is 1.48. The molecule has 0 bridgehead atoms. The molecule has 0 saturated carbocycles. The molecule has 35 heavy (non-hydrogen) atoms. The van der Waals surface area contributed by atoms with Gasteiger partial charge in [-0.05, 0) is 107 Å². The van der Waals surface area contributed by atoms with Gasteiger partial charge in [-0.25, -0.2) is 0 Å². The van der Waals surface area contributed by atoms with Crippen molar-refractivity contribution in [1.82, 2.24) is 0 Å². The second-order valence-electron chi connectivity index (χ2n) is 9.46. The summed E-state index contributed by atoms with van der Waals surface area (Å²) in [5, 5.41) is 0.